The van der Waals surface area contributed by atoms with Crippen LogP contribution in [0.25, 0.3) is 0 Å². The van der Waals surface area contributed by atoms with Gasteiger partial charge in [-0.25, -0.2) is 4.79 Å². The number of rotatable bonds is 8. The van der Waals surface area contributed by atoms with E-state index in [1.807, 2.05) is 32.0 Å². The normalized spacial score (nSPS) is 10.4. The first kappa shape index (κ1) is 20.6. The minimum Gasteiger partial charge on any atom is -0.383 e. The van der Waals surface area contributed by atoms with Gasteiger partial charge in [0.05, 0.1) is 19.7 Å². The van der Waals surface area contributed by atoms with Crippen molar-refractivity contribution in [3.05, 3.63) is 29.3 Å². The number of methoxy groups -OCH3 is 1. The molecule has 1 aromatic carbocycles. The van der Waals surface area contributed by atoms with E-state index in [-0.39, 0.29) is 19.0 Å². The number of hydrogen-bond acceptors (Lipinski definition) is 5. The molecule has 3 N–H and O–H groups in total. The first-order valence-electron chi connectivity index (χ1n) is 7.94. The number of para-hydroxylation sites is 1. The zero-order valence-electron chi connectivity index (χ0n) is 15.1. The number of likely N-dealkylation sites (N-methyl/N-ethyl adjacent to an activating group) is 1. The Labute approximate surface area is 147 Å². The summed E-state index contributed by atoms with van der Waals surface area (Å²) in [4.78, 5) is 36.9. The van der Waals surface area contributed by atoms with Crippen molar-refractivity contribution in [3.8, 4) is 0 Å². The lowest BCUT2D eigenvalue weighted by molar-refractivity contribution is -0.122. The molecule has 4 amide bonds. The standard InChI is InChI=1S/C17H26N4O4/c1-12-6-5-7-13(2)16(12)19-14(22)10-21(3)11-15(23)20-17(24)18-8-9-25-4/h5-7H,8-11H2,1-4H3,(H,19,22)(H2,18,20,23,24). The average molecular weight is 350 g/mol. The van der Waals surface area contributed by atoms with Crippen LogP contribution in [0.1, 0.15) is 11.1 Å². The average Bonchev–Trinajstić information content (AvgIpc) is 2.50. The summed E-state index contributed by atoms with van der Waals surface area (Å²) in [5.41, 5.74) is 2.73. The molecule has 8 heteroatoms. The van der Waals surface area contributed by atoms with Gasteiger partial charge in [0, 0.05) is 19.3 Å². The SMILES string of the molecule is COCCNC(=O)NC(=O)CN(C)CC(=O)Nc1c(C)cccc1C. The maximum absolute atomic E-state index is 12.1. The van der Waals surface area contributed by atoms with Gasteiger partial charge in [-0.2, -0.15) is 0 Å². The Morgan fingerprint density at radius 1 is 1.08 bits per heavy atom. The lowest BCUT2D eigenvalue weighted by Gasteiger charge is -2.17. The highest BCUT2D eigenvalue weighted by Gasteiger charge is 2.14. The number of urea groups is 1. The Kier molecular flexibility index (Phi) is 8.59. The van der Waals surface area contributed by atoms with Gasteiger partial charge in [0.1, 0.15) is 0 Å². The molecule has 1 aromatic rings. The summed E-state index contributed by atoms with van der Waals surface area (Å²) in [7, 11) is 3.15. The summed E-state index contributed by atoms with van der Waals surface area (Å²) in [5, 5.41) is 7.53. The van der Waals surface area contributed by atoms with Crippen LogP contribution in [0.2, 0.25) is 0 Å². The molecule has 0 saturated carbocycles. The smallest absolute Gasteiger partial charge is 0.321 e. The van der Waals surface area contributed by atoms with Crippen LogP contribution >= 0.6 is 0 Å². The molecule has 0 saturated heterocycles. The number of amides is 4. The van der Waals surface area contributed by atoms with Crippen molar-refractivity contribution in [3.63, 3.8) is 0 Å². The summed E-state index contributed by atoms with van der Waals surface area (Å²) in [6.07, 6.45) is 0. The molecule has 0 spiro atoms. The number of carbonyl (C=O) groups excluding carboxylic acids is 3. The molecular weight excluding hydrogens is 324 g/mol. The number of ether oxygens (including phenoxy) is 1. The monoisotopic (exact) mass is 350 g/mol. The third-order valence-corrected chi connectivity index (χ3v) is 3.42. The molecule has 0 aliphatic heterocycles. The Balaban J connectivity index is 2.40. The maximum atomic E-state index is 12.1. The molecule has 0 aliphatic rings. The third-order valence-electron chi connectivity index (χ3n) is 3.42. The van der Waals surface area contributed by atoms with Gasteiger partial charge in [-0.1, -0.05) is 18.2 Å². The van der Waals surface area contributed by atoms with Crippen LogP contribution in [0.3, 0.4) is 0 Å². The first-order chi connectivity index (χ1) is 11.8. The van der Waals surface area contributed by atoms with E-state index in [1.165, 1.54) is 12.0 Å². The number of imide groups is 1. The van der Waals surface area contributed by atoms with Gasteiger partial charge in [-0.15, -0.1) is 0 Å². The maximum Gasteiger partial charge on any atom is 0.321 e. The minimum absolute atomic E-state index is 0.0342. The zero-order chi connectivity index (χ0) is 18.8. The molecule has 0 fully saturated rings. The van der Waals surface area contributed by atoms with E-state index in [4.69, 9.17) is 4.74 Å². The zero-order valence-corrected chi connectivity index (χ0v) is 15.1. The molecule has 0 heterocycles. The molecule has 0 bridgehead atoms. The second-order valence-corrected chi connectivity index (χ2v) is 5.78. The second-order valence-electron chi connectivity index (χ2n) is 5.78. The molecule has 0 atom stereocenters. The Hall–Kier alpha value is -2.45. The molecular formula is C17H26N4O4. The van der Waals surface area contributed by atoms with Crippen molar-refractivity contribution in [2.45, 2.75) is 13.8 Å². The number of anilines is 1. The third kappa shape index (κ3) is 7.77. The Bertz CT molecular complexity index is 598. The molecule has 1 rings (SSSR count). The van der Waals surface area contributed by atoms with Gasteiger partial charge >= 0.3 is 6.03 Å². The second kappa shape index (κ2) is 10.4. The molecule has 0 aliphatic carbocycles. The van der Waals surface area contributed by atoms with Crippen LogP contribution in [0.15, 0.2) is 18.2 Å². The van der Waals surface area contributed by atoms with Gasteiger partial charge in [0.25, 0.3) is 0 Å². The van der Waals surface area contributed by atoms with Crippen LogP contribution in [-0.2, 0) is 14.3 Å². The highest BCUT2D eigenvalue weighted by Crippen LogP contribution is 2.19. The van der Waals surface area contributed by atoms with E-state index in [9.17, 15) is 14.4 Å². The number of aryl methyl sites for hydroxylation is 2. The van der Waals surface area contributed by atoms with Gasteiger partial charge in [-0.05, 0) is 32.0 Å². The number of hydrogen-bond donors (Lipinski definition) is 3. The van der Waals surface area contributed by atoms with E-state index < -0.39 is 11.9 Å². The van der Waals surface area contributed by atoms with E-state index in [1.54, 1.807) is 7.05 Å². The predicted molar refractivity (Wildman–Crippen MR) is 95.5 cm³/mol. The quantitative estimate of drug-likeness (QED) is 0.598. The van der Waals surface area contributed by atoms with Crippen LogP contribution in [0.5, 0.6) is 0 Å². The number of nitrogens with one attached hydrogen (secondary N) is 3. The highest BCUT2D eigenvalue weighted by molar-refractivity contribution is 5.96. The highest BCUT2D eigenvalue weighted by atomic mass is 16.5. The number of benzene rings is 1. The van der Waals surface area contributed by atoms with Gasteiger partial charge in [0.15, 0.2) is 0 Å². The van der Waals surface area contributed by atoms with Crippen molar-refractivity contribution >= 4 is 23.5 Å². The molecule has 25 heavy (non-hydrogen) atoms. The van der Waals surface area contributed by atoms with Crippen LogP contribution in [0, 0.1) is 13.8 Å². The molecule has 0 radical (unpaired) electrons. The lowest BCUT2D eigenvalue weighted by Crippen LogP contribution is -2.45. The fraction of sp³-hybridized carbons (Fsp3) is 0.471. The number of carbonyl (C=O) groups is 3. The fourth-order valence-electron chi connectivity index (χ4n) is 2.21. The van der Waals surface area contributed by atoms with Crippen LogP contribution < -0.4 is 16.0 Å². The summed E-state index contributed by atoms with van der Waals surface area (Å²) in [6, 6.07) is 5.17. The van der Waals surface area contributed by atoms with Crippen LogP contribution in [-0.4, -0.2) is 63.1 Å². The predicted octanol–water partition coefficient (Wildman–Crippen LogP) is 0.646. The van der Waals surface area contributed by atoms with Gasteiger partial charge in [-0.3, -0.25) is 19.8 Å². The Morgan fingerprint density at radius 2 is 1.68 bits per heavy atom. The van der Waals surface area contributed by atoms with Crippen molar-refractivity contribution < 1.29 is 19.1 Å². The molecule has 0 unspecified atom stereocenters. The molecule has 8 nitrogen and oxygen atoms in total. The van der Waals surface area contributed by atoms with E-state index in [2.05, 4.69) is 16.0 Å². The molecule has 138 valence electrons. The van der Waals surface area contributed by atoms with E-state index >= 15 is 0 Å². The van der Waals surface area contributed by atoms with Crippen molar-refractivity contribution in [1.82, 2.24) is 15.5 Å². The topological polar surface area (TPSA) is 99.8 Å². The summed E-state index contributed by atoms with van der Waals surface area (Å²) in [6.45, 7) is 4.47. The van der Waals surface area contributed by atoms with E-state index in [0.29, 0.717) is 13.2 Å². The van der Waals surface area contributed by atoms with Gasteiger partial charge < -0.3 is 15.4 Å². The van der Waals surface area contributed by atoms with Crippen molar-refractivity contribution in [2.24, 2.45) is 0 Å². The fourth-order valence-corrected chi connectivity index (χ4v) is 2.21. The minimum atomic E-state index is -0.588. The van der Waals surface area contributed by atoms with E-state index in [0.717, 1.165) is 16.8 Å². The summed E-state index contributed by atoms with van der Waals surface area (Å²) < 4.78 is 4.79. The number of nitrogens with zero attached hydrogens (tertiary/aromatic N) is 1. The van der Waals surface area contributed by atoms with Crippen molar-refractivity contribution in [1.29, 1.82) is 0 Å². The summed E-state index contributed by atoms with van der Waals surface area (Å²) >= 11 is 0. The lowest BCUT2D eigenvalue weighted by atomic mass is 10.1. The van der Waals surface area contributed by atoms with Crippen molar-refractivity contribution in [2.75, 3.05) is 45.7 Å². The first-order valence-corrected chi connectivity index (χ1v) is 7.94. The summed E-state index contributed by atoms with van der Waals surface area (Å²) in [5.74, 6) is -0.713. The Morgan fingerprint density at radius 3 is 2.28 bits per heavy atom. The van der Waals surface area contributed by atoms with Crippen LogP contribution in [0.4, 0.5) is 10.5 Å². The molecule has 0 aromatic heterocycles. The van der Waals surface area contributed by atoms with Gasteiger partial charge in [0.2, 0.25) is 11.8 Å². The largest absolute Gasteiger partial charge is 0.383 e.